The van der Waals surface area contributed by atoms with E-state index in [0.717, 1.165) is 22.3 Å². The van der Waals surface area contributed by atoms with Gasteiger partial charge in [0.1, 0.15) is 10.8 Å². The highest BCUT2D eigenvalue weighted by Crippen LogP contribution is 2.80. The Labute approximate surface area is 237 Å². The van der Waals surface area contributed by atoms with Crippen molar-refractivity contribution in [1.82, 2.24) is 0 Å². The fraction of sp³-hybridized carbons (Fsp3) is 0.290. The van der Waals surface area contributed by atoms with Crippen LogP contribution in [0.15, 0.2) is 64.8 Å². The molecule has 0 bridgehead atoms. The van der Waals surface area contributed by atoms with E-state index < -0.39 is 16.7 Å². The van der Waals surface area contributed by atoms with Gasteiger partial charge in [0.05, 0.1) is 22.8 Å². The van der Waals surface area contributed by atoms with E-state index in [1.165, 1.54) is 10.0 Å². The first-order valence-corrected chi connectivity index (χ1v) is 13.6. The molecule has 2 heterocycles. The quantitative estimate of drug-likeness (QED) is 0.342. The van der Waals surface area contributed by atoms with E-state index in [2.05, 4.69) is 0 Å². The van der Waals surface area contributed by atoms with Crippen LogP contribution in [0, 0.1) is 38.5 Å². The summed E-state index contributed by atoms with van der Waals surface area (Å²) in [5.41, 5.74) is 4.93. The zero-order chi connectivity index (χ0) is 28.0. The Morgan fingerprint density at radius 3 is 1.51 bits per heavy atom. The summed E-state index contributed by atoms with van der Waals surface area (Å²) >= 11 is 13.0. The number of benzene rings is 3. The molecule has 0 radical (unpaired) electrons. The van der Waals surface area contributed by atoms with Gasteiger partial charge < -0.3 is 0 Å². The third-order valence-corrected chi connectivity index (χ3v) is 9.41. The number of halogens is 2. The normalized spacial score (nSPS) is 25.7. The number of rotatable bonds is 3. The number of aryl methyl sites for hydroxylation is 4. The zero-order valence-electron chi connectivity index (χ0n) is 22.6. The van der Waals surface area contributed by atoms with Gasteiger partial charge >= 0.3 is 0 Å². The molecule has 0 saturated heterocycles. The lowest BCUT2D eigenvalue weighted by Crippen LogP contribution is -2.40. The highest BCUT2D eigenvalue weighted by atomic mass is 35.5. The first-order valence-electron chi connectivity index (χ1n) is 12.9. The van der Waals surface area contributed by atoms with Gasteiger partial charge in [-0.2, -0.15) is 20.2 Å². The molecule has 2 aliphatic heterocycles. The summed E-state index contributed by atoms with van der Waals surface area (Å²) in [5, 5.41) is 13.3. The summed E-state index contributed by atoms with van der Waals surface area (Å²) < 4.78 is 0. The number of hydrogen-bond donors (Lipinski definition) is 0. The molecule has 3 aromatic rings. The van der Waals surface area contributed by atoms with Gasteiger partial charge in [-0.25, -0.2) is 0 Å². The summed E-state index contributed by atoms with van der Waals surface area (Å²) in [7, 11) is 0. The molecule has 0 aromatic heterocycles. The van der Waals surface area contributed by atoms with Crippen molar-refractivity contribution in [2.45, 2.75) is 47.5 Å². The van der Waals surface area contributed by atoms with Gasteiger partial charge in [0.25, 0.3) is 11.8 Å². The Bertz CT molecular complexity index is 1580. The lowest BCUT2D eigenvalue weighted by Gasteiger charge is -2.19. The van der Waals surface area contributed by atoms with Crippen molar-refractivity contribution in [3.63, 3.8) is 0 Å². The van der Waals surface area contributed by atoms with Crippen molar-refractivity contribution in [2.75, 3.05) is 10.0 Å². The van der Waals surface area contributed by atoms with Crippen LogP contribution in [-0.2, 0) is 9.59 Å². The van der Waals surface area contributed by atoms with Crippen molar-refractivity contribution < 1.29 is 9.59 Å². The standard InChI is InChI=1S/C31H28Cl2N4O2/c1-16-7-10-23(13-18(16)3)36-28(38)30(20(5)34-36)27(25-12-9-22(32)15-26(25)33)31(30)21(6)35-37(29(31)39)24-11-8-17(2)19(4)14-24/h7-15,27H,1-6H3/t30-,31-/m0/s1. The van der Waals surface area contributed by atoms with Crippen molar-refractivity contribution in [3.05, 3.63) is 92.5 Å². The maximum Gasteiger partial charge on any atom is 0.261 e. The van der Waals surface area contributed by atoms with E-state index in [-0.39, 0.29) is 11.8 Å². The van der Waals surface area contributed by atoms with Crippen LogP contribution in [0.2, 0.25) is 10.0 Å². The number of carbonyl (C=O) groups is 2. The summed E-state index contributed by atoms with van der Waals surface area (Å²) in [4.78, 5) is 29.1. The number of amides is 2. The van der Waals surface area contributed by atoms with Crippen LogP contribution in [0.25, 0.3) is 0 Å². The molecule has 2 atom stereocenters. The molecule has 1 fully saturated rings. The molecule has 8 heteroatoms. The van der Waals surface area contributed by atoms with E-state index in [0.29, 0.717) is 38.4 Å². The molecular weight excluding hydrogens is 531 g/mol. The second-order valence-corrected chi connectivity index (χ2v) is 11.7. The Hall–Kier alpha value is -3.48. The van der Waals surface area contributed by atoms with Gasteiger partial charge in [0, 0.05) is 16.0 Å². The van der Waals surface area contributed by atoms with Crippen LogP contribution in [0.4, 0.5) is 11.4 Å². The van der Waals surface area contributed by atoms with Gasteiger partial charge in [0.2, 0.25) is 0 Å². The Kier molecular flexibility index (Phi) is 5.62. The topological polar surface area (TPSA) is 65.3 Å². The van der Waals surface area contributed by atoms with Gasteiger partial charge in [-0.3, -0.25) is 9.59 Å². The third kappa shape index (κ3) is 3.22. The molecule has 0 unspecified atom stereocenters. The van der Waals surface area contributed by atoms with Crippen LogP contribution in [0.1, 0.15) is 47.6 Å². The number of hydrogen-bond acceptors (Lipinski definition) is 4. The Morgan fingerprint density at radius 2 is 1.10 bits per heavy atom. The average Bonchev–Trinajstić information content (AvgIpc) is 3.35. The number of anilines is 2. The zero-order valence-corrected chi connectivity index (χ0v) is 24.1. The van der Waals surface area contributed by atoms with Gasteiger partial charge in [0.15, 0.2) is 0 Å². The molecule has 39 heavy (non-hydrogen) atoms. The molecule has 3 aromatic carbocycles. The van der Waals surface area contributed by atoms with Crippen LogP contribution >= 0.6 is 23.2 Å². The molecule has 2 amide bonds. The van der Waals surface area contributed by atoms with E-state index >= 15 is 0 Å². The molecule has 2 spiro atoms. The van der Waals surface area contributed by atoms with Crippen LogP contribution in [0.5, 0.6) is 0 Å². The lowest BCUT2D eigenvalue weighted by atomic mass is 9.85. The number of hydrazone groups is 2. The minimum atomic E-state index is -1.26. The summed E-state index contributed by atoms with van der Waals surface area (Å²) in [5.74, 6) is -1.11. The first-order chi connectivity index (χ1) is 18.5. The molecule has 6 nitrogen and oxygen atoms in total. The smallest absolute Gasteiger partial charge is 0.261 e. The fourth-order valence-electron chi connectivity index (χ4n) is 6.51. The van der Waals surface area contributed by atoms with Crippen LogP contribution < -0.4 is 10.0 Å². The molecule has 1 aliphatic carbocycles. The minimum Gasteiger partial charge on any atom is -0.271 e. The van der Waals surface area contributed by atoms with Gasteiger partial charge in [-0.15, -0.1) is 0 Å². The molecule has 1 saturated carbocycles. The fourth-order valence-corrected chi connectivity index (χ4v) is 7.02. The van der Waals surface area contributed by atoms with Gasteiger partial charge in [-0.05, 0) is 106 Å². The van der Waals surface area contributed by atoms with Gasteiger partial charge in [-0.1, -0.05) is 41.4 Å². The van der Waals surface area contributed by atoms with Crippen molar-refractivity contribution in [3.8, 4) is 0 Å². The molecular formula is C31H28Cl2N4O2. The SMILES string of the molecule is CC1=NN(c2ccc(C)c(C)c2)C(=O)[C@@]12C(c1ccc(Cl)cc1Cl)[C@@]21C(=O)N(c2ccc(C)c(C)c2)N=C1C. The Balaban J connectivity index is 1.54. The van der Waals surface area contributed by atoms with E-state index in [4.69, 9.17) is 33.4 Å². The second-order valence-electron chi connectivity index (χ2n) is 10.9. The molecule has 3 aliphatic rings. The number of nitrogens with zero attached hydrogens (tertiary/aromatic N) is 4. The highest BCUT2D eigenvalue weighted by Gasteiger charge is 2.91. The second kappa shape index (κ2) is 8.51. The van der Waals surface area contributed by atoms with E-state index in [1.807, 2.05) is 84.0 Å². The summed E-state index contributed by atoms with van der Waals surface area (Å²) in [6.45, 7) is 11.7. The van der Waals surface area contributed by atoms with Crippen LogP contribution in [-0.4, -0.2) is 23.2 Å². The number of carbonyl (C=O) groups excluding carboxylic acids is 2. The van der Waals surface area contributed by atoms with Crippen molar-refractivity contribution in [1.29, 1.82) is 0 Å². The molecule has 6 rings (SSSR count). The summed E-state index contributed by atoms with van der Waals surface area (Å²) in [6, 6.07) is 16.8. The maximum atomic E-state index is 14.6. The molecule has 0 N–H and O–H groups in total. The number of fused-ring (bicyclic) bond motifs is 1. The highest BCUT2D eigenvalue weighted by molar-refractivity contribution is 6.39. The van der Waals surface area contributed by atoms with Crippen molar-refractivity contribution in [2.24, 2.45) is 21.0 Å². The lowest BCUT2D eigenvalue weighted by molar-refractivity contribution is -0.126. The third-order valence-electron chi connectivity index (χ3n) is 8.85. The summed E-state index contributed by atoms with van der Waals surface area (Å²) in [6.07, 6.45) is 0. The predicted molar refractivity (Wildman–Crippen MR) is 157 cm³/mol. The van der Waals surface area contributed by atoms with E-state index in [1.54, 1.807) is 12.1 Å². The van der Waals surface area contributed by atoms with Crippen molar-refractivity contribution >= 4 is 57.8 Å². The first kappa shape index (κ1) is 25.8. The molecule has 198 valence electrons. The minimum absolute atomic E-state index is 0.260. The van der Waals surface area contributed by atoms with E-state index in [9.17, 15) is 9.59 Å². The maximum absolute atomic E-state index is 14.6. The largest absolute Gasteiger partial charge is 0.271 e. The predicted octanol–water partition coefficient (Wildman–Crippen LogP) is 7.14. The Morgan fingerprint density at radius 1 is 0.641 bits per heavy atom. The van der Waals surface area contributed by atoms with Crippen LogP contribution in [0.3, 0.4) is 0 Å². The monoisotopic (exact) mass is 558 g/mol. The average molecular weight is 559 g/mol.